The number of ether oxygens (including phenoxy) is 2. The third kappa shape index (κ3) is 4.14. The summed E-state index contributed by atoms with van der Waals surface area (Å²) in [4.78, 5) is 10.6. The lowest BCUT2D eigenvalue weighted by atomic mass is 10.1. The molecule has 2 aromatic rings. The number of hydrogen-bond donors (Lipinski definition) is 1. The minimum atomic E-state index is 0.233. The van der Waals surface area contributed by atoms with Crippen LogP contribution in [0, 0.1) is 0 Å². The van der Waals surface area contributed by atoms with Gasteiger partial charge in [0.1, 0.15) is 17.8 Å². The molecule has 1 aromatic heterocycles. The molecular weight excluding hydrogens is 340 g/mol. The Hall–Kier alpha value is -2.05. The van der Waals surface area contributed by atoms with Crippen LogP contribution in [0.2, 0.25) is 5.15 Å². The third-order valence-electron chi connectivity index (χ3n) is 4.44. The predicted octanol–water partition coefficient (Wildman–Crippen LogP) is 3.37. The van der Waals surface area contributed by atoms with E-state index in [0.29, 0.717) is 11.8 Å². The summed E-state index contributed by atoms with van der Waals surface area (Å²) in [6.07, 6.45) is 3.62. The average Bonchev–Trinajstić information content (AvgIpc) is 2.67. The first-order valence-corrected chi connectivity index (χ1v) is 8.77. The van der Waals surface area contributed by atoms with Crippen molar-refractivity contribution in [2.24, 2.45) is 0 Å². The Bertz CT molecular complexity index is 705. The van der Waals surface area contributed by atoms with Crippen LogP contribution in [0.3, 0.4) is 0 Å². The Morgan fingerprint density at radius 3 is 2.72 bits per heavy atom. The van der Waals surface area contributed by atoms with Crippen molar-refractivity contribution < 1.29 is 9.47 Å². The number of anilines is 2. The van der Waals surface area contributed by atoms with E-state index >= 15 is 0 Å². The Kier molecular flexibility index (Phi) is 5.94. The first kappa shape index (κ1) is 17.8. The van der Waals surface area contributed by atoms with Crippen molar-refractivity contribution >= 4 is 23.1 Å². The molecule has 0 saturated carbocycles. The number of rotatable bonds is 6. The summed E-state index contributed by atoms with van der Waals surface area (Å²) < 4.78 is 11.5. The lowest BCUT2D eigenvalue weighted by molar-refractivity contribution is 0.0242. The molecule has 7 heteroatoms. The van der Waals surface area contributed by atoms with Crippen LogP contribution in [-0.2, 0) is 11.3 Å². The van der Waals surface area contributed by atoms with Crippen LogP contribution in [0.25, 0.3) is 0 Å². The zero-order chi connectivity index (χ0) is 17.6. The summed E-state index contributed by atoms with van der Waals surface area (Å²) in [5.74, 6) is 1.72. The summed E-state index contributed by atoms with van der Waals surface area (Å²) in [6.45, 7) is 2.31. The summed E-state index contributed by atoms with van der Waals surface area (Å²) in [7, 11) is 3.51. The second-order valence-corrected chi connectivity index (χ2v) is 6.28. The number of benzene rings is 1. The highest BCUT2D eigenvalue weighted by molar-refractivity contribution is 6.32. The van der Waals surface area contributed by atoms with E-state index < -0.39 is 0 Å². The molecule has 1 aliphatic rings. The van der Waals surface area contributed by atoms with E-state index in [2.05, 4.69) is 20.2 Å². The van der Waals surface area contributed by atoms with Gasteiger partial charge < -0.3 is 19.7 Å². The van der Waals surface area contributed by atoms with Gasteiger partial charge in [0.2, 0.25) is 0 Å². The Morgan fingerprint density at radius 1 is 1.24 bits per heavy atom. The lowest BCUT2D eigenvalue weighted by Crippen LogP contribution is -2.37. The van der Waals surface area contributed by atoms with Crippen molar-refractivity contribution in [3.63, 3.8) is 0 Å². The number of hydrogen-bond acceptors (Lipinski definition) is 6. The maximum Gasteiger partial charge on any atom is 0.157 e. The number of nitrogens with zero attached hydrogens (tertiary/aromatic N) is 3. The molecule has 0 amide bonds. The summed E-state index contributed by atoms with van der Waals surface area (Å²) >= 11 is 6.15. The fraction of sp³-hybridized carbons (Fsp3) is 0.444. The normalized spacial score (nSPS) is 15.2. The first-order valence-electron chi connectivity index (χ1n) is 8.39. The van der Waals surface area contributed by atoms with Crippen molar-refractivity contribution in [3.05, 3.63) is 41.3 Å². The molecule has 1 aromatic carbocycles. The quantitative estimate of drug-likeness (QED) is 0.795. The zero-order valence-electron chi connectivity index (χ0n) is 14.5. The molecule has 0 spiro atoms. The van der Waals surface area contributed by atoms with Crippen molar-refractivity contribution in [1.29, 1.82) is 0 Å². The van der Waals surface area contributed by atoms with E-state index in [1.165, 1.54) is 6.33 Å². The molecule has 0 radical (unpaired) electrons. The van der Waals surface area contributed by atoms with Gasteiger partial charge in [-0.3, -0.25) is 0 Å². The van der Waals surface area contributed by atoms with Crippen LogP contribution < -0.4 is 15.0 Å². The monoisotopic (exact) mass is 362 g/mol. The molecule has 1 saturated heterocycles. The van der Waals surface area contributed by atoms with Crippen LogP contribution in [0.5, 0.6) is 5.75 Å². The van der Waals surface area contributed by atoms with Gasteiger partial charge in [-0.1, -0.05) is 29.8 Å². The molecule has 0 atom stereocenters. The lowest BCUT2D eigenvalue weighted by Gasteiger charge is -2.33. The number of halogens is 1. The number of nitrogens with one attached hydrogen (secondary N) is 1. The van der Waals surface area contributed by atoms with Gasteiger partial charge in [-0.25, -0.2) is 9.97 Å². The molecule has 1 aliphatic heterocycles. The van der Waals surface area contributed by atoms with E-state index in [9.17, 15) is 0 Å². The fourth-order valence-electron chi connectivity index (χ4n) is 3.07. The van der Waals surface area contributed by atoms with Crippen molar-refractivity contribution in [3.8, 4) is 5.75 Å². The highest BCUT2D eigenvalue weighted by atomic mass is 35.5. The van der Waals surface area contributed by atoms with Crippen molar-refractivity contribution in [2.45, 2.75) is 25.6 Å². The van der Waals surface area contributed by atoms with E-state index in [0.717, 1.165) is 48.7 Å². The first-order chi connectivity index (χ1) is 12.2. The summed E-state index contributed by atoms with van der Waals surface area (Å²) in [5, 5.41) is 3.53. The number of para-hydroxylation sites is 1. The van der Waals surface area contributed by atoms with Gasteiger partial charge in [-0.15, -0.1) is 0 Å². The van der Waals surface area contributed by atoms with Crippen LogP contribution in [0.15, 0.2) is 30.6 Å². The predicted molar refractivity (Wildman–Crippen MR) is 99.6 cm³/mol. The van der Waals surface area contributed by atoms with Crippen molar-refractivity contribution in [2.75, 3.05) is 37.5 Å². The molecule has 3 rings (SSSR count). The standard InChI is InChI=1S/C18H23ClN4O2/c1-20-16-17(19)21-12-22-18(16)23-9-7-14(8-10-23)25-11-13-5-3-4-6-15(13)24-2/h3-6,12,14,20H,7-11H2,1-2H3. The second kappa shape index (κ2) is 8.36. The van der Waals surface area contributed by atoms with Gasteiger partial charge in [0.15, 0.2) is 11.0 Å². The molecular formula is C18H23ClN4O2. The average molecular weight is 363 g/mol. The highest BCUT2D eigenvalue weighted by Crippen LogP contribution is 2.31. The topological polar surface area (TPSA) is 59.5 Å². The SMILES string of the molecule is CNc1c(Cl)ncnc1N1CCC(OCc2ccccc2OC)CC1. The minimum Gasteiger partial charge on any atom is -0.496 e. The van der Waals surface area contributed by atoms with E-state index in [-0.39, 0.29) is 6.10 Å². The molecule has 0 aliphatic carbocycles. The number of aromatic nitrogens is 2. The van der Waals surface area contributed by atoms with Crippen LogP contribution in [-0.4, -0.2) is 43.3 Å². The fourth-order valence-corrected chi connectivity index (χ4v) is 3.30. The molecule has 134 valence electrons. The number of methoxy groups -OCH3 is 1. The van der Waals surface area contributed by atoms with Gasteiger partial charge in [0.25, 0.3) is 0 Å². The van der Waals surface area contributed by atoms with Gasteiger partial charge in [-0.2, -0.15) is 0 Å². The van der Waals surface area contributed by atoms with Gasteiger partial charge in [-0.05, 0) is 18.9 Å². The van der Waals surface area contributed by atoms with Gasteiger partial charge in [0, 0.05) is 25.7 Å². The summed E-state index contributed by atoms with van der Waals surface area (Å²) in [6, 6.07) is 7.96. The smallest absolute Gasteiger partial charge is 0.157 e. The van der Waals surface area contributed by atoms with Crippen LogP contribution in [0.4, 0.5) is 11.5 Å². The number of piperidine rings is 1. The minimum absolute atomic E-state index is 0.233. The maximum atomic E-state index is 6.15. The van der Waals surface area contributed by atoms with E-state index in [4.69, 9.17) is 21.1 Å². The molecule has 0 bridgehead atoms. The third-order valence-corrected chi connectivity index (χ3v) is 4.73. The highest BCUT2D eigenvalue weighted by Gasteiger charge is 2.23. The van der Waals surface area contributed by atoms with E-state index in [1.54, 1.807) is 7.11 Å². The molecule has 1 fully saturated rings. The van der Waals surface area contributed by atoms with E-state index in [1.807, 2.05) is 31.3 Å². The van der Waals surface area contributed by atoms with Crippen molar-refractivity contribution in [1.82, 2.24) is 9.97 Å². The van der Waals surface area contributed by atoms with Gasteiger partial charge in [0.05, 0.1) is 19.8 Å². The maximum absolute atomic E-state index is 6.15. The summed E-state index contributed by atoms with van der Waals surface area (Å²) in [5.41, 5.74) is 1.85. The van der Waals surface area contributed by atoms with Crippen LogP contribution >= 0.6 is 11.6 Å². The molecule has 2 heterocycles. The van der Waals surface area contributed by atoms with Gasteiger partial charge >= 0.3 is 0 Å². The molecule has 6 nitrogen and oxygen atoms in total. The zero-order valence-corrected chi connectivity index (χ0v) is 15.3. The Morgan fingerprint density at radius 2 is 2.00 bits per heavy atom. The van der Waals surface area contributed by atoms with Crippen LogP contribution in [0.1, 0.15) is 18.4 Å². The Labute approximate surface area is 153 Å². The molecule has 25 heavy (non-hydrogen) atoms. The molecule has 0 unspecified atom stereocenters. The second-order valence-electron chi connectivity index (χ2n) is 5.92. The molecule has 1 N–H and O–H groups in total. The largest absolute Gasteiger partial charge is 0.496 e. The Balaban J connectivity index is 1.57.